The van der Waals surface area contributed by atoms with Crippen molar-refractivity contribution >= 4 is 27.7 Å². The van der Waals surface area contributed by atoms with Crippen molar-refractivity contribution < 1.29 is 9.59 Å². The fourth-order valence-corrected chi connectivity index (χ4v) is 2.84. The predicted octanol–water partition coefficient (Wildman–Crippen LogP) is 2.46. The Hall–Kier alpha value is -1.36. The number of rotatable bonds is 3. The third-order valence-corrected chi connectivity index (χ3v) is 4.41. The van der Waals surface area contributed by atoms with Crippen molar-refractivity contribution in [2.75, 3.05) is 0 Å². The predicted molar refractivity (Wildman–Crippen MR) is 81.0 cm³/mol. The minimum Gasteiger partial charge on any atom is -0.344 e. The van der Waals surface area contributed by atoms with E-state index in [1.165, 1.54) is 0 Å². The molecule has 0 aromatic heterocycles. The molecule has 1 aliphatic rings. The normalized spacial score (nSPS) is 23.4. The highest BCUT2D eigenvalue weighted by molar-refractivity contribution is 9.10. The van der Waals surface area contributed by atoms with Gasteiger partial charge in [0, 0.05) is 23.5 Å². The Morgan fingerprint density at radius 2 is 2.05 bits per heavy atom. The van der Waals surface area contributed by atoms with Crippen LogP contribution in [0.2, 0.25) is 0 Å². The summed E-state index contributed by atoms with van der Waals surface area (Å²) < 4.78 is 0.983. The van der Waals surface area contributed by atoms with Crippen LogP contribution in [-0.2, 0) is 16.1 Å². The summed E-state index contributed by atoms with van der Waals surface area (Å²) in [6, 6.07) is 7.35. The van der Waals surface area contributed by atoms with E-state index in [1.807, 2.05) is 38.1 Å². The molecule has 1 aliphatic heterocycles. The number of halogens is 1. The number of carbonyl (C=O) groups is 2. The molecule has 0 saturated carbocycles. The minimum atomic E-state index is -0.407. The van der Waals surface area contributed by atoms with Crippen molar-refractivity contribution in [3.63, 3.8) is 0 Å². The molecular weight excluding hydrogens is 320 g/mol. The van der Waals surface area contributed by atoms with Crippen LogP contribution in [0.1, 0.15) is 32.3 Å². The average Bonchev–Trinajstić information content (AvgIpc) is 2.51. The van der Waals surface area contributed by atoms with E-state index in [1.54, 1.807) is 4.90 Å². The lowest BCUT2D eigenvalue weighted by molar-refractivity contribution is -0.135. The number of hydrogen-bond donors (Lipinski definition) is 1. The van der Waals surface area contributed by atoms with Crippen molar-refractivity contribution in [1.82, 2.24) is 10.2 Å². The second-order valence-corrected chi connectivity index (χ2v) is 5.99. The van der Waals surface area contributed by atoms with Crippen molar-refractivity contribution in [3.8, 4) is 0 Å². The third kappa shape index (κ3) is 3.20. The van der Waals surface area contributed by atoms with Crippen LogP contribution in [0.15, 0.2) is 28.7 Å². The molecular formula is C15H19BrN2O2. The van der Waals surface area contributed by atoms with Crippen molar-refractivity contribution in [2.24, 2.45) is 0 Å². The highest BCUT2D eigenvalue weighted by Crippen LogP contribution is 2.22. The molecule has 1 heterocycles. The Kier molecular flexibility index (Phi) is 4.81. The zero-order valence-corrected chi connectivity index (χ0v) is 13.3. The molecule has 2 unspecified atom stereocenters. The first-order valence-electron chi connectivity index (χ1n) is 6.86. The van der Waals surface area contributed by atoms with Crippen molar-refractivity contribution in [1.29, 1.82) is 0 Å². The van der Waals surface area contributed by atoms with Crippen LogP contribution in [0.25, 0.3) is 0 Å². The molecule has 108 valence electrons. The highest BCUT2D eigenvalue weighted by atomic mass is 79.9. The molecule has 0 spiro atoms. The van der Waals surface area contributed by atoms with Crippen LogP contribution in [0, 0.1) is 0 Å². The summed E-state index contributed by atoms with van der Waals surface area (Å²) in [7, 11) is 0. The van der Waals surface area contributed by atoms with Gasteiger partial charge < -0.3 is 10.2 Å². The first-order valence-corrected chi connectivity index (χ1v) is 7.65. The molecule has 1 fully saturated rings. The summed E-state index contributed by atoms with van der Waals surface area (Å²) in [6.45, 7) is 4.36. The van der Waals surface area contributed by atoms with Gasteiger partial charge in [-0.3, -0.25) is 9.59 Å². The van der Waals surface area contributed by atoms with Gasteiger partial charge in [-0.2, -0.15) is 0 Å². The number of hydrogen-bond acceptors (Lipinski definition) is 2. The number of benzene rings is 1. The van der Waals surface area contributed by atoms with Crippen LogP contribution in [0.3, 0.4) is 0 Å². The molecule has 1 N–H and O–H groups in total. The number of nitrogens with zero attached hydrogens (tertiary/aromatic N) is 1. The summed E-state index contributed by atoms with van der Waals surface area (Å²) in [6.07, 6.45) is 0.969. The first-order chi connectivity index (χ1) is 9.52. The van der Waals surface area contributed by atoms with Crippen LogP contribution in [0.4, 0.5) is 0 Å². The van der Waals surface area contributed by atoms with Crippen molar-refractivity contribution in [3.05, 3.63) is 34.3 Å². The van der Waals surface area contributed by atoms with Gasteiger partial charge in [0.1, 0.15) is 6.04 Å². The Labute approximate surface area is 127 Å². The Balaban J connectivity index is 2.25. The van der Waals surface area contributed by atoms with Gasteiger partial charge in [0.15, 0.2) is 0 Å². The molecule has 2 rings (SSSR count). The van der Waals surface area contributed by atoms with Gasteiger partial charge in [-0.15, -0.1) is 0 Å². The topological polar surface area (TPSA) is 49.4 Å². The maximum absolute atomic E-state index is 12.5. The van der Waals surface area contributed by atoms with Crippen LogP contribution in [-0.4, -0.2) is 28.8 Å². The summed E-state index contributed by atoms with van der Waals surface area (Å²) >= 11 is 3.51. The van der Waals surface area contributed by atoms with E-state index in [4.69, 9.17) is 0 Å². The van der Waals surface area contributed by atoms with E-state index in [0.717, 1.165) is 10.0 Å². The van der Waals surface area contributed by atoms with Crippen LogP contribution >= 0.6 is 15.9 Å². The molecule has 5 heteroatoms. The fraction of sp³-hybridized carbons (Fsp3) is 0.467. The number of amides is 2. The third-order valence-electron chi connectivity index (χ3n) is 3.64. The molecule has 2 atom stereocenters. The first kappa shape index (κ1) is 15.0. The van der Waals surface area contributed by atoms with Gasteiger partial charge in [-0.25, -0.2) is 0 Å². The zero-order valence-electron chi connectivity index (χ0n) is 11.7. The van der Waals surface area contributed by atoms with Crippen LogP contribution in [0.5, 0.6) is 0 Å². The lowest BCUT2D eigenvalue weighted by Gasteiger charge is -2.29. The number of carbonyl (C=O) groups excluding carboxylic acids is 2. The summed E-state index contributed by atoms with van der Waals surface area (Å²) in [5, 5.41) is 2.80. The zero-order chi connectivity index (χ0) is 14.7. The standard InChI is InChI=1S/C15H19BrN2O2/c1-3-13-15(20)18(10(2)8-14(19)17-13)9-11-6-4-5-7-12(11)16/h4-7,10,13H,3,8-9H2,1-2H3,(H,17,19). The van der Waals surface area contributed by atoms with Gasteiger partial charge in [0.2, 0.25) is 11.8 Å². The molecule has 20 heavy (non-hydrogen) atoms. The van der Waals surface area contributed by atoms with Gasteiger partial charge in [-0.1, -0.05) is 41.1 Å². The van der Waals surface area contributed by atoms with Gasteiger partial charge >= 0.3 is 0 Å². The van der Waals surface area contributed by atoms with E-state index >= 15 is 0 Å². The quantitative estimate of drug-likeness (QED) is 0.920. The van der Waals surface area contributed by atoms with E-state index in [9.17, 15) is 9.59 Å². The average molecular weight is 339 g/mol. The van der Waals surface area contributed by atoms with Crippen molar-refractivity contribution in [2.45, 2.75) is 45.3 Å². The molecule has 1 aromatic rings. The fourth-order valence-electron chi connectivity index (χ4n) is 2.43. The summed E-state index contributed by atoms with van der Waals surface area (Å²) in [5.41, 5.74) is 1.05. The Morgan fingerprint density at radius 3 is 2.70 bits per heavy atom. The molecule has 4 nitrogen and oxygen atoms in total. The molecule has 0 bridgehead atoms. The van der Waals surface area contributed by atoms with Gasteiger partial charge in [0.05, 0.1) is 0 Å². The summed E-state index contributed by atoms with van der Waals surface area (Å²) in [5.74, 6) is -0.0473. The van der Waals surface area contributed by atoms with Gasteiger partial charge in [0.25, 0.3) is 0 Å². The maximum atomic E-state index is 12.5. The smallest absolute Gasteiger partial charge is 0.245 e. The molecule has 1 aromatic carbocycles. The Morgan fingerprint density at radius 1 is 1.35 bits per heavy atom. The monoisotopic (exact) mass is 338 g/mol. The van der Waals surface area contributed by atoms with Gasteiger partial charge in [-0.05, 0) is 25.0 Å². The number of nitrogens with one attached hydrogen (secondary N) is 1. The van der Waals surface area contributed by atoms with Crippen LogP contribution < -0.4 is 5.32 Å². The maximum Gasteiger partial charge on any atom is 0.245 e. The molecule has 0 radical (unpaired) electrons. The van der Waals surface area contributed by atoms with E-state index in [2.05, 4.69) is 21.2 Å². The SMILES string of the molecule is CCC1NC(=O)CC(C)N(Cc2ccccc2Br)C1=O. The van der Waals surface area contributed by atoms with E-state index < -0.39 is 6.04 Å². The Bertz CT molecular complexity index is 518. The van der Waals surface area contributed by atoms with E-state index in [-0.39, 0.29) is 17.9 Å². The highest BCUT2D eigenvalue weighted by Gasteiger charge is 2.32. The lowest BCUT2D eigenvalue weighted by atomic mass is 10.1. The minimum absolute atomic E-state index is 0.00148. The molecule has 0 aliphatic carbocycles. The second-order valence-electron chi connectivity index (χ2n) is 5.14. The molecule has 1 saturated heterocycles. The molecule has 2 amide bonds. The largest absolute Gasteiger partial charge is 0.344 e. The van der Waals surface area contributed by atoms with E-state index in [0.29, 0.717) is 19.4 Å². The summed E-state index contributed by atoms with van der Waals surface area (Å²) in [4.78, 5) is 26.1. The lowest BCUT2D eigenvalue weighted by Crippen LogP contribution is -2.45. The second kappa shape index (κ2) is 6.39.